The molecule has 0 radical (unpaired) electrons. The zero-order valence-electron chi connectivity index (χ0n) is 12.3. The van der Waals surface area contributed by atoms with E-state index in [2.05, 4.69) is 12.2 Å². The summed E-state index contributed by atoms with van der Waals surface area (Å²) in [6.07, 6.45) is 4.75. The van der Waals surface area contributed by atoms with Crippen molar-refractivity contribution < 1.29 is 14.2 Å². The zero-order valence-corrected chi connectivity index (χ0v) is 12.3. The van der Waals surface area contributed by atoms with Gasteiger partial charge in [-0.05, 0) is 38.3 Å². The summed E-state index contributed by atoms with van der Waals surface area (Å²) in [6.45, 7) is 4.40. The predicted octanol–water partition coefficient (Wildman–Crippen LogP) is 3.26. The van der Waals surface area contributed by atoms with Crippen molar-refractivity contribution in [1.29, 1.82) is 0 Å². The molecule has 0 aliphatic rings. The molecule has 0 aromatic heterocycles. The van der Waals surface area contributed by atoms with E-state index in [1.165, 1.54) is 6.07 Å². The number of aliphatic hydroxyl groups excluding tert-OH is 1. The van der Waals surface area contributed by atoms with Crippen LogP contribution in [0.5, 0.6) is 5.75 Å². The molecular formula is C16H26FNO2. The third-order valence-electron chi connectivity index (χ3n) is 3.09. The average molecular weight is 283 g/mol. The van der Waals surface area contributed by atoms with Gasteiger partial charge in [-0.2, -0.15) is 0 Å². The predicted molar refractivity (Wildman–Crippen MR) is 79.4 cm³/mol. The van der Waals surface area contributed by atoms with Crippen LogP contribution >= 0.6 is 0 Å². The maximum atomic E-state index is 13.8. The van der Waals surface area contributed by atoms with Crippen molar-refractivity contribution in [3.05, 3.63) is 29.6 Å². The van der Waals surface area contributed by atoms with Gasteiger partial charge in [0.05, 0.1) is 6.61 Å². The number of rotatable bonds is 11. The van der Waals surface area contributed by atoms with Crippen molar-refractivity contribution in [2.75, 3.05) is 19.8 Å². The maximum absolute atomic E-state index is 13.8. The summed E-state index contributed by atoms with van der Waals surface area (Å²) in [4.78, 5) is 0. The number of halogens is 1. The first-order valence-electron chi connectivity index (χ1n) is 7.51. The van der Waals surface area contributed by atoms with Crippen LogP contribution in [0.25, 0.3) is 0 Å². The summed E-state index contributed by atoms with van der Waals surface area (Å²) in [7, 11) is 0. The molecule has 0 amide bonds. The number of ether oxygens (including phenoxy) is 1. The maximum Gasteiger partial charge on any atom is 0.165 e. The third-order valence-corrected chi connectivity index (χ3v) is 3.09. The van der Waals surface area contributed by atoms with Gasteiger partial charge >= 0.3 is 0 Å². The molecule has 4 heteroatoms. The minimum atomic E-state index is -0.295. The van der Waals surface area contributed by atoms with Crippen molar-refractivity contribution in [3.63, 3.8) is 0 Å². The fourth-order valence-corrected chi connectivity index (χ4v) is 2.00. The highest BCUT2D eigenvalue weighted by Crippen LogP contribution is 2.23. The normalized spacial score (nSPS) is 10.8. The van der Waals surface area contributed by atoms with Crippen LogP contribution in [0, 0.1) is 5.82 Å². The largest absolute Gasteiger partial charge is 0.490 e. The number of unbranched alkanes of at least 4 members (excludes halogenated alkanes) is 3. The number of nitrogens with one attached hydrogen (secondary N) is 1. The molecule has 20 heavy (non-hydrogen) atoms. The summed E-state index contributed by atoms with van der Waals surface area (Å²) in [5.74, 6) is 0.0782. The zero-order chi connectivity index (χ0) is 14.6. The van der Waals surface area contributed by atoms with E-state index in [4.69, 9.17) is 9.84 Å². The Morgan fingerprint density at radius 3 is 2.75 bits per heavy atom. The Kier molecular flexibility index (Phi) is 9.00. The van der Waals surface area contributed by atoms with E-state index >= 15 is 0 Å². The minimum Gasteiger partial charge on any atom is -0.490 e. The second-order valence-electron chi connectivity index (χ2n) is 4.89. The van der Waals surface area contributed by atoms with Crippen molar-refractivity contribution in [2.24, 2.45) is 0 Å². The van der Waals surface area contributed by atoms with Gasteiger partial charge in [0, 0.05) is 18.7 Å². The second-order valence-corrected chi connectivity index (χ2v) is 4.89. The molecule has 0 aliphatic heterocycles. The number of benzene rings is 1. The van der Waals surface area contributed by atoms with Crippen molar-refractivity contribution in [2.45, 2.75) is 45.6 Å². The fourth-order valence-electron chi connectivity index (χ4n) is 2.00. The van der Waals surface area contributed by atoms with Gasteiger partial charge in [0.2, 0.25) is 0 Å². The number of hydrogen-bond donors (Lipinski definition) is 2. The SMILES string of the molecule is CCCNCc1cccc(F)c1OCCCCCCO. The summed E-state index contributed by atoms with van der Waals surface area (Å²) >= 11 is 0. The monoisotopic (exact) mass is 283 g/mol. The first-order chi connectivity index (χ1) is 9.79. The lowest BCUT2D eigenvalue weighted by molar-refractivity contribution is 0.268. The number of para-hydroxylation sites is 1. The van der Waals surface area contributed by atoms with Gasteiger partial charge in [-0.1, -0.05) is 25.5 Å². The Morgan fingerprint density at radius 1 is 1.20 bits per heavy atom. The molecule has 1 aromatic rings. The van der Waals surface area contributed by atoms with Crippen LogP contribution in [0.4, 0.5) is 4.39 Å². The molecule has 0 spiro atoms. The van der Waals surface area contributed by atoms with Crippen LogP contribution < -0.4 is 10.1 Å². The second kappa shape index (κ2) is 10.6. The summed E-state index contributed by atoms with van der Waals surface area (Å²) in [6, 6.07) is 5.05. The number of hydrogen-bond acceptors (Lipinski definition) is 3. The lowest BCUT2D eigenvalue weighted by Crippen LogP contribution is -2.15. The lowest BCUT2D eigenvalue weighted by Gasteiger charge is -2.13. The number of aliphatic hydroxyl groups is 1. The molecule has 0 saturated carbocycles. The van der Waals surface area contributed by atoms with Gasteiger partial charge in [-0.3, -0.25) is 0 Å². The molecule has 0 bridgehead atoms. The van der Waals surface area contributed by atoms with E-state index < -0.39 is 0 Å². The quantitative estimate of drug-likeness (QED) is 0.613. The van der Waals surface area contributed by atoms with Crippen LogP contribution in [-0.2, 0) is 6.54 Å². The molecule has 0 saturated heterocycles. The molecule has 1 aromatic carbocycles. The first kappa shape index (κ1) is 16.9. The van der Waals surface area contributed by atoms with E-state index in [9.17, 15) is 4.39 Å². The summed E-state index contributed by atoms with van der Waals surface area (Å²) in [5.41, 5.74) is 0.869. The lowest BCUT2D eigenvalue weighted by atomic mass is 10.2. The van der Waals surface area contributed by atoms with Gasteiger partial charge in [-0.25, -0.2) is 4.39 Å². The highest BCUT2D eigenvalue weighted by Gasteiger charge is 2.09. The van der Waals surface area contributed by atoms with Crippen molar-refractivity contribution in [1.82, 2.24) is 5.32 Å². The van der Waals surface area contributed by atoms with Crippen molar-refractivity contribution in [3.8, 4) is 5.75 Å². The van der Waals surface area contributed by atoms with Crippen LogP contribution in [-0.4, -0.2) is 24.9 Å². The Balaban J connectivity index is 2.41. The highest BCUT2D eigenvalue weighted by molar-refractivity contribution is 5.34. The summed E-state index contributed by atoms with van der Waals surface area (Å²) in [5, 5.41) is 12.0. The Bertz CT molecular complexity index is 371. The van der Waals surface area contributed by atoms with E-state index in [1.54, 1.807) is 6.07 Å². The van der Waals surface area contributed by atoms with E-state index in [0.29, 0.717) is 18.9 Å². The van der Waals surface area contributed by atoms with E-state index in [-0.39, 0.29) is 12.4 Å². The molecular weight excluding hydrogens is 257 g/mol. The van der Waals surface area contributed by atoms with Gasteiger partial charge in [0.1, 0.15) is 0 Å². The Hall–Kier alpha value is -1.13. The average Bonchev–Trinajstić information content (AvgIpc) is 2.45. The van der Waals surface area contributed by atoms with Crippen LogP contribution in [0.15, 0.2) is 18.2 Å². The van der Waals surface area contributed by atoms with Crippen LogP contribution in [0.1, 0.15) is 44.6 Å². The molecule has 0 unspecified atom stereocenters. The molecule has 1 rings (SSSR count). The van der Waals surface area contributed by atoms with Gasteiger partial charge in [-0.15, -0.1) is 0 Å². The van der Waals surface area contributed by atoms with E-state index in [0.717, 1.165) is 44.2 Å². The van der Waals surface area contributed by atoms with Crippen molar-refractivity contribution >= 4 is 0 Å². The standard InChI is InChI=1S/C16H26FNO2/c1-2-10-18-13-14-8-7-9-15(17)16(14)20-12-6-4-3-5-11-19/h7-9,18-19H,2-6,10-13H2,1H3. The van der Waals surface area contributed by atoms with Gasteiger partial charge in [0.15, 0.2) is 11.6 Å². The molecule has 114 valence electrons. The highest BCUT2D eigenvalue weighted by atomic mass is 19.1. The molecule has 0 aliphatic carbocycles. The molecule has 0 atom stereocenters. The third kappa shape index (κ3) is 6.35. The first-order valence-corrected chi connectivity index (χ1v) is 7.51. The summed E-state index contributed by atoms with van der Waals surface area (Å²) < 4.78 is 19.4. The van der Waals surface area contributed by atoms with Gasteiger partial charge in [0.25, 0.3) is 0 Å². The molecule has 2 N–H and O–H groups in total. The Morgan fingerprint density at radius 2 is 2.00 bits per heavy atom. The van der Waals surface area contributed by atoms with Crippen LogP contribution in [0.3, 0.4) is 0 Å². The minimum absolute atomic E-state index is 0.238. The fraction of sp³-hybridized carbons (Fsp3) is 0.625. The molecule has 0 heterocycles. The van der Waals surface area contributed by atoms with Gasteiger partial charge < -0.3 is 15.2 Å². The van der Waals surface area contributed by atoms with E-state index in [1.807, 2.05) is 6.07 Å². The Labute approximate surface area is 121 Å². The smallest absolute Gasteiger partial charge is 0.165 e. The topological polar surface area (TPSA) is 41.5 Å². The van der Waals surface area contributed by atoms with Crippen LogP contribution in [0.2, 0.25) is 0 Å². The molecule has 0 fully saturated rings. The molecule has 3 nitrogen and oxygen atoms in total.